The molecule has 0 aromatic carbocycles. The zero-order chi connectivity index (χ0) is 13.0. The zero-order valence-electron chi connectivity index (χ0n) is 11.7. The number of anilines is 2. The molecule has 1 atom stereocenters. The summed E-state index contributed by atoms with van der Waals surface area (Å²) in [6.45, 7) is 5.60. The second-order valence-electron chi connectivity index (χ2n) is 5.02. The molecule has 1 aliphatic rings. The normalized spacial score (nSPS) is 20.6. The molecule has 0 spiro atoms. The minimum atomic E-state index is 0.581. The summed E-state index contributed by atoms with van der Waals surface area (Å²) in [7, 11) is 1.93. The van der Waals surface area contributed by atoms with E-state index in [0.29, 0.717) is 6.04 Å². The highest BCUT2D eigenvalue weighted by molar-refractivity contribution is 5.59. The van der Waals surface area contributed by atoms with Crippen molar-refractivity contribution in [3.63, 3.8) is 0 Å². The third kappa shape index (κ3) is 2.57. The second-order valence-corrected chi connectivity index (χ2v) is 5.02. The van der Waals surface area contributed by atoms with Gasteiger partial charge in [0, 0.05) is 25.2 Å². The Morgan fingerprint density at radius 1 is 1.33 bits per heavy atom. The molecule has 1 aliphatic heterocycles. The molecule has 4 heteroatoms. The van der Waals surface area contributed by atoms with Crippen molar-refractivity contribution in [1.29, 1.82) is 0 Å². The van der Waals surface area contributed by atoms with Crippen molar-refractivity contribution >= 4 is 11.6 Å². The molecule has 0 radical (unpaired) electrons. The van der Waals surface area contributed by atoms with E-state index in [0.717, 1.165) is 24.6 Å². The molecule has 0 amide bonds. The monoisotopic (exact) mass is 248 g/mol. The van der Waals surface area contributed by atoms with Crippen LogP contribution < -0.4 is 10.2 Å². The predicted molar refractivity (Wildman–Crippen MR) is 76.2 cm³/mol. The standard InChI is InChI=1S/C14H24N4/c1-4-12-13(15-3)16-10-17-14(12)18-9-7-5-6-8-11(18)2/h10-11H,4-9H2,1-3H3,(H,15,16,17). The van der Waals surface area contributed by atoms with E-state index in [4.69, 9.17) is 0 Å². The van der Waals surface area contributed by atoms with Crippen LogP contribution >= 0.6 is 0 Å². The number of hydrogen-bond acceptors (Lipinski definition) is 4. The number of nitrogens with zero attached hydrogens (tertiary/aromatic N) is 3. The maximum atomic E-state index is 4.55. The third-order valence-corrected chi connectivity index (χ3v) is 3.84. The summed E-state index contributed by atoms with van der Waals surface area (Å²) < 4.78 is 0. The fraction of sp³-hybridized carbons (Fsp3) is 0.714. The van der Waals surface area contributed by atoms with Gasteiger partial charge in [0.15, 0.2) is 0 Å². The minimum absolute atomic E-state index is 0.581. The highest BCUT2D eigenvalue weighted by Gasteiger charge is 2.21. The van der Waals surface area contributed by atoms with Gasteiger partial charge in [-0.15, -0.1) is 0 Å². The first kappa shape index (κ1) is 13.1. The molecule has 18 heavy (non-hydrogen) atoms. The Kier molecular flexibility index (Phi) is 4.39. The van der Waals surface area contributed by atoms with E-state index in [1.54, 1.807) is 6.33 Å². The molecule has 0 aliphatic carbocycles. The Bertz CT molecular complexity index is 391. The minimum Gasteiger partial charge on any atom is -0.373 e. The van der Waals surface area contributed by atoms with Gasteiger partial charge in [-0.05, 0) is 26.2 Å². The molecule has 1 saturated heterocycles. The molecule has 0 saturated carbocycles. The van der Waals surface area contributed by atoms with E-state index >= 15 is 0 Å². The molecule has 4 nitrogen and oxygen atoms in total. The Hall–Kier alpha value is -1.32. The summed E-state index contributed by atoms with van der Waals surface area (Å²) in [6.07, 6.45) is 7.86. The first-order valence-electron chi connectivity index (χ1n) is 7.06. The van der Waals surface area contributed by atoms with Crippen LogP contribution in [0.1, 0.15) is 45.1 Å². The number of aromatic nitrogens is 2. The molecule has 100 valence electrons. The van der Waals surface area contributed by atoms with Crippen LogP contribution in [0.5, 0.6) is 0 Å². The Balaban J connectivity index is 2.36. The van der Waals surface area contributed by atoms with Crippen molar-refractivity contribution in [2.75, 3.05) is 23.8 Å². The lowest BCUT2D eigenvalue weighted by atomic mass is 10.1. The van der Waals surface area contributed by atoms with Gasteiger partial charge in [0.25, 0.3) is 0 Å². The molecule has 2 rings (SSSR count). The summed E-state index contributed by atoms with van der Waals surface area (Å²) in [5.74, 6) is 2.10. The fourth-order valence-corrected chi connectivity index (χ4v) is 2.78. The Morgan fingerprint density at radius 3 is 2.89 bits per heavy atom. The van der Waals surface area contributed by atoms with Gasteiger partial charge in [-0.1, -0.05) is 19.8 Å². The van der Waals surface area contributed by atoms with Crippen LogP contribution in [-0.4, -0.2) is 29.6 Å². The van der Waals surface area contributed by atoms with Crippen molar-refractivity contribution < 1.29 is 0 Å². The molecule has 1 unspecified atom stereocenters. The number of rotatable bonds is 3. The van der Waals surface area contributed by atoms with Crippen LogP contribution in [0.15, 0.2) is 6.33 Å². The smallest absolute Gasteiger partial charge is 0.137 e. The van der Waals surface area contributed by atoms with E-state index < -0.39 is 0 Å². The van der Waals surface area contributed by atoms with E-state index in [-0.39, 0.29) is 0 Å². The van der Waals surface area contributed by atoms with Crippen molar-refractivity contribution in [1.82, 2.24) is 9.97 Å². The van der Waals surface area contributed by atoms with Crippen molar-refractivity contribution in [3.8, 4) is 0 Å². The van der Waals surface area contributed by atoms with Crippen LogP contribution in [-0.2, 0) is 6.42 Å². The summed E-state index contributed by atoms with van der Waals surface area (Å²) in [6, 6.07) is 0.581. The summed E-state index contributed by atoms with van der Waals surface area (Å²) in [5.41, 5.74) is 1.24. The van der Waals surface area contributed by atoms with Gasteiger partial charge in [-0.2, -0.15) is 0 Å². The maximum Gasteiger partial charge on any atom is 0.137 e. The fourth-order valence-electron chi connectivity index (χ4n) is 2.78. The van der Waals surface area contributed by atoms with E-state index in [9.17, 15) is 0 Å². The van der Waals surface area contributed by atoms with Gasteiger partial charge in [0.1, 0.15) is 18.0 Å². The van der Waals surface area contributed by atoms with Gasteiger partial charge in [-0.25, -0.2) is 9.97 Å². The van der Waals surface area contributed by atoms with Crippen LogP contribution in [0.2, 0.25) is 0 Å². The molecule has 1 aromatic rings. The van der Waals surface area contributed by atoms with Crippen molar-refractivity contribution in [2.45, 2.75) is 52.0 Å². The van der Waals surface area contributed by atoms with Crippen LogP contribution in [0.4, 0.5) is 11.6 Å². The molecule has 2 heterocycles. The van der Waals surface area contributed by atoms with Gasteiger partial charge in [0.05, 0.1) is 0 Å². The number of nitrogens with one attached hydrogen (secondary N) is 1. The first-order chi connectivity index (χ1) is 8.77. The van der Waals surface area contributed by atoms with E-state index in [1.807, 2.05) is 7.05 Å². The average Bonchev–Trinajstić information content (AvgIpc) is 2.62. The number of hydrogen-bond donors (Lipinski definition) is 1. The van der Waals surface area contributed by atoms with Crippen molar-refractivity contribution in [3.05, 3.63) is 11.9 Å². The Labute approximate surface area is 110 Å². The highest BCUT2D eigenvalue weighted by atomic mass is 15.2. The summed E-state index contributed by atoms with van der Waals surface area (Å²) >= 11 is 0. The first-order valence-corrected chi connectivity index (χ1v) is 7.06. The van der Waals surface area contributed by atoms with Crippen molar-refractivity contribution in [2.24, 2.45) is 0 Å². The average molecular weight is 248 g/mol. The molecule has 1 fully saturated rings. The van der Waals surface area contributed by atoms with E-state index in [2.05, 4.69) is 34.0 Å². The molecule has 1 aromatic heterocycles. The molecular formula is C14H24N4. The highest BCUT2D eigenvalue weighted by Crippen LogP contribution is 2.28. The summed E-state index contributed by atoms with van der Waals surface area (Å²) in [4.78, 5) is 11.3. The van der Waals surface area contributed by atoms with Gasteiger partial charge in [0.2, 0.25) is 0 Å². The Morgan fingerprint density at radius 2 is 2.17 bits per heavy atom. The molecule has 0 bridgehead atoms. The largest absolute Gasteiger partial charge is 0.373 e. The zero-order valence-corrected chi connectivity index (χ0v) is 11.7. The van der Waals surface area contributed by atoms with Crippen LogP contribution in [0.25, 0.3) is 0 Å². The molecular weight excluding hydrogens is 224 g/mol. The lowest BCUT2D eigenvalue weighted by Crippen LogP contribution is -2.34. The summed E-state index contributed by atoms with van der Waals surface area (Å²) in [5, 5.41) is 3.18. The van der Waals surface area contributed by atoms with Crippen LogP contribution in [0, 0.1) is 0 Å². The topological polar surface area (TPSA) is 41.1 Å². The molecule has 1 N–H and O–H groups in total. The predicted octanol–water partition coefficient (Wildman–Crippen LogP) is 2.85. The van der Waals surface area contributed by atoms with Crippen LogP contribution in [0.3, 0.4) is 0 Å². The van der Waals surface area contributed by atoms with Gasteiger partial charge >= 0.3 is 0 Å². The lowest BCUT2D eigenvalue weighted by Gasteiger charge is -2.30. The third-order valence-electron chi connectivity index (χ3n) is 3.84. The van der Waals surface area contributed by atoms with E-state index in [1.165, 1.54) is 31.2 Å². The maximum absolute atomic E-state index is 4.55. The quantitative estimate of drug-likeness (QED) is 0.893. The SMILES string of the molecule is CCc1c(NC)ncnc1N1CCCCCC1C. The second kappa shape index (κ2) is 6.03. The van der Waals surface area contributed by atoms with Gasteiger partial charge in [-0.3, -0.25) is 0 Å². The lowest BCUT2D eigenvalue weighted by molar-refractivity contribution is 0.608. The van der Waals surface area contributed by atoms with Gasteiger partial charge < -0.3 is 10.2 Å².